The maximum atomic E-state index is 12.0. The molecule has 0 atom stereocenters. The number of amides is 1. The number of nitrogens with one attached hydrogen (secondary N) is 3. The molecule has 7 heteroatoms. The topological polar surface area (TPSA) is 65.5 Å². The zero-order valence-corrected chi connectivity index (χ0v) is 18.5. The number of aliphatic imine (C=N–C) groups is 1. The Bertz CT molecular complexity index is 559. The maximum Gasteiger partial charge on any atom is 0.221 e. The lowest BCUT2D eigenvalue weighted by Crippen LogP contribution is -2.41. The van der Waals surface area contributed by atoms with E-state index in [1.165, 1.54) is 19.3 Å². The quantitative estimate of drug-likeness (QED) is 0.308. The molecule has 1 aromatic rings. The van der Waals surface area contributed by atoms with Crippen molar-refractivity contribution in [2.75, 3.05) is 13.1 Å². The van der Waals surface area contributed by atoms with Gasteiger partial charge in [0.2, 0.25) is 5.91 Å². The lowest BCUT2D eigenvalue weighted by Gasteiger charge is -2.22. The molecule has 2 rings (SSSR count). The standard InChI is InChI=1S/C19H29ClN4O.HI/c1-2-21-19(23-14-15-8-10-16(20)11-9-15)22-13-12-18(25)24-17-6-4-3-5-7-17;/h8-11,17H,2-7,12-14H2,1H3,(H,24,25)(H2,21,22,23);1H. The van der Waals surface area contributed by atoms with Gasteiger partial charge in [-0.2, -0.15) is 0 Å². The van der Waals surface area contributed by atoms with Crippen LogP contribution in [0.1, 0.15) is 51.0 Å². The lowest BCUT2D eigenvalue weighted by molar-refractivity contribution is -0.121. The van der Waals surface area contributed by atoms with Crippen LogP contribution in [-0.4, -0.2) is 31.0 Å². The van der Waals surface area contributed by atoms with E-state index in [0.29, 0.717) is 25.6 Å². The van der Waals surface area contributed by atoms with Crippen LogP contribution in [0.4, 0.5) is 0 Å². The summed E-state index contributed by atoms with van der Waals surface area (Å²) in [5.41, 5.74) is 1.09. The van der Waals surface area contributed by atoms with E-state index in [0.717, 1.165) is 35.9 Å². The fourth-order valence-corrected chi connectivity index (χ4v) is 3.07. The van der Waals surface area contributed by atoms with Crippen molar-refractivity contribution in [3.8, 4) is 0 Å². The molecule has 1 aromatic carbocycles. The van der Waals surface area contributed by atoms with Gasteiger partial charge in [-0.15, -0.1) is 24.0 Å². The highest BCUT2D eigenvalue weighted by molar-refractivity contribution is 14.0. The van der Waals surface area contributed by atoms with Crippen LogP contribution >= 0.6 is 35.6 Å². The highest BCUT2D eigenvalue weighted by Gasteiger charge is 2.15. The minimum absolute atomic E-state index is 0. The van der Waals surface area contributed by atoms with Gasteiger partial charge in [-0.1, -0.05) is 43.0 Å². The molecule has 1 amide bonds. The number of halogens is 2. The third kappa shape index (κ3) is 9.07. The first kappa shape index (κ1) is 23.0. The van der Waals surface area contributed by atoms with E-state index in [9.17, 15) is 4.79 Å². The summed E-state index contributed by atoms with van der Waals surface area (Å²) in [5.74, 6) is 0.843. The Morgan fingerprint density at radius 3 is 2.50 bits per heavy atom. The van der Waals surface area contributed by atoms with E-state index in [4.69, 9.17) is 11.6 Å². The van der Waals surface area contributed by atoms with Crippen LogP contribution in [0.3, 0.4) is 0 Å². The summed E-state index contributed by atoms with van der Waals surface area (Å²) in [6.45, 7) is 3.95. The number of guanidine groups is 1. The van der Waals surface area contributed by atoms with Gasteiger partial charge >= 0.3 is 0 Å². The van der Waals surface area contributed by atoms with Crippen molar-refractivity contribution in [3.63, 3.8) is 0 Å². The van der Waals surface area contributed by atoms with Crippen molar-refractivity contribution >= 4 is 47.4 Å². The van der Waals surface area contributed by atoms with Crippen molar-refractivity contribution in [3.05, 3.63) is 34.9 Å². The molecule has 0 aromatic heterocycles. The first-order valence-corrected chi connectivity index (χ1v) is 9.61. The molecule has 1 aliphatic carbocycles. The Labute approximate surface area is 178 Å². The molecule has 0 bridgehead atoms. The molecule has 1 saturated carbocycles. The molecule has 26 heavy (non-hydrogen) atoms. The van der Waals surface area contributed by atoms with E-state index in [-0.39, 0.29) is 29.9 Å². The molecular formula is C19H30ClIN4O. The molecule has 0 unspecified atom stereocenters. The lowest BCUT2D eigenvalue weighted by atomic mass is 9.95. The Kier molecular flexibility index (Phi) is 11.7. The van der Waals surface area contributed by atoms with Gasteiger partial charge < -0.3 is 16.0 Å². The van der Waals surface area contributed by atoms with Crippen LogP contribution in [0, 0.1) is 0 Å². The van der Waals surface area contributed by atoms with E-state index in [2.05, 4.69) is 20.9 Å². The maximum absolute atomic E-state index is 12.0. The highest BCUT2D eigenvalue weighted by atomic mass is 127. The van der Waals surface area contributed by atoms with Crippen molar-refractivity contribution in [2.45, 2.75) is 58.0 Å². The van der Waals surface area contributed by atoms with Crippen LogP contribution in [-0.2, 0) is 11.3 Å². The summed E-state index contributed by atoms with van der Waals surface area (Å²) in [6.07, 6.45) is 6.44. The van der Waals surface area contributed by atoms with Gasteiger partial charge in [-0.25, -0.2) is 4.99 Å². The zero-order chi connectivity index (χ0) is 17.9. The van der Waals surface area contributed by atoms with Gasteiger partial charge in [0.05, 0.1) is 6.54 Å². The van der Waals surface area contributed by atoms with Crippen molar-refractivity contribution in [1.82, 2.24) is 16.0 Å². The van der Waals surface area contributed by atoms with Crippen molar-refractivity contribution in [1.29, 1.82) is 0 Å². The summed E-state index contributed by atoms with van der Waals surface area (Å²) in [4.78, 5) is 16.6. The minimum Gasteiger partial charge on any atom is -0.357 e. The van der Waals surface area contributed by atoms with Gasteiger partial charge in [-0.3, -0.25) is 4.79 Å². The Hall–Kier alpha value is -1.02. The molecule has 3 N–H and O–H groups in total. The second-order valence-corrected chi connectivity index (χ2v) is 6.84. The van der Waals surface area contributed by atoms with Crippen molar-refractivity contribution < 1.29 is 4.79 Å². The number of carbonyl (C=O) groups is 1. The van der Waals surface area contributed by atoms with Crippen LogP contribution in [0.2, 0.25) is 5.02 Å². The third-order valence-electron chi connectivity index (χ3n) is 4.29. The fourth-order valence-electron chi connectivity index (χ4n) is 2.94. The summed E-state index contributed by atoms with van der Waals surface area (Å²) in [6, 6.07) is 8.03. The SMILES string of the molecule is CCNC(=NCc1ccc(Cl)cc1)NCCC(=O)NC1CCCCC1.I. The predicted molar refractivity (Wildman–Crippen MR) is 119 cm³/mol. The Balaban J connectivity index is 0.00000338. The number of nitrogens with zero attached hydrogens (tertiary/aromatic N) is 1. The number of hydrogen-bond acceptors (Lipinski definition) is 2. The Morgan fingerprint density at radius 1 is 1.15 bits per heavy atom. The molecule has 5 nitrogen and oxygen atoms in total. The largest absolute Gasteiger partial charge is 0.357 e. The summed E-state index contributed by atoms with van der Waals surface area (Å²) in [7, 11) is 0. The molecule has 1 fully saturated rings. The highest BCUT2D eigenvalue weighted by Crippen LogP contribution is 2.17. The third-order valence-corrected chi connectivity index (χ3v) is 4.54. The van der Waals surface area contributed by atoms with Gasteiger partial charge in [0, 0.05) is 30.6 Å². The number of benzene rings is 1. The van der Waals surface area contributed by atoms with Crippen LogP contribution in [0.5, 0.6) is 0 Å². The first-order chi connectivity index (χ1) is 12.2. The van der Waals surface area contributed by atoms with Gasteiger partial charge in [0.15, 0.2) is 5.96 Å². The van der Waals surface area contributed by atoms with E-state index in [1.807, 2.05) is 31.2 Å². The average Bonchev–Trinajstić information content (AvgIpc) is 2.62. The van der Waals surface area contributed by atoms with Gasteiger partial charge in [0.1, 0.15) is 0 Å². The van der Waals surface area contributed by atoms with Gasteiger partial charge in [-0.05, 0) is 37.5 Å². The predicted octanol–water partition coefficient (Wildman–Crippen LogP) is 3.85. The normalized spacial score (nSPS) is 15.1. The summed E-state index contributed by atoms with van der Waals surface area (Å²) < 4.78 is 0. The fraction of sp³-hybridized carbons (Fsp3) is 0.579. The van der Waals surface area contributed by atoms with Crippen LogP contribution in [0.25, 0.3) is 0 Å². The van der Waals surface area contributed by atoms with Crippen LogP contribution in [0.15, 0.2) is 29.3 Å². The second-order valence-electron chi connectivity index (χ2n) is 6.40. The molecule has 1 aliphatic rings. The van der Waals surface area contributed by atoms with Gasteiger partial charge in [0.25, 0.3) is 0 Å². The van der Waals surface area contributed by atoms with E-state index < -0.39 is 0 Å². The minimum atomic E-state index is 0. The molecule has 0 radical (unpaired) electrons. The van der Waals surface area contributed by atoms with E-state index in [1.54, 1.807) is 0 Å². The molecular weight excluding hydrogens is 463 g/mol. The van der Waals surface area contributed by atoms with E-state index >= 15 is 0 Å². The molecule has 0 saturated heterocycles. The monoisotopic (exact) mass is 492 g/mol. The summed E-state index contributed by atoms with van der Waals surface area (Å²) >= 11 is 5.89. The first-order valence-electron chi connectivity index (χ1n) is 9.23. The second kappa shape index (κ2) is 13.2. The number of carbonyl (C=O) groups excluding carboxylic acids is 1. The molecule has 0 aliphatic heterocycles. The molecule has 0 spiro atoms. The van der Waals surface area contributed by atoms with Crippen molar-refractivity contribution in [2.24, 2.45) is 4.99 Å². The summed E-state index contributed by atoms with van der Waals surface area (Å²) in [5, 5.41) is 10.3. The van der Waals surface area contributed by atoms with Crippen LogP contribution < -0.4 is 16.0 Å². The molecule has 0 heterocycles. The number of rotatable bonds is 7. The number of hydrogen-bond donors (Lipinski definition) is 3. The molecule has 146 valence electrons. The average molecular weight is 493 g/mol. The Morgan fingerprint density at radius 2 is 1.85 bits per heavy atom. The smallest absolute Gasteiger partial charge is 0.221 e. The zero-order valence-electron chi connectivity index (χ0n) is 15.4.